The Morgan fingerprint density at radius 1 is 1.08 bits per heavy atom. The summed E-state index contributed by atoms with van der Waals surface area (Å²) in [5, 5.41) is 19.3. The zero-order chi connectivity index (χ0) is 19.1. The number of rotatable bonds is 4. The molecule has 0 bridgehead atoms. The van der Waals surface area contributed by atoms with Gasteiger partial charge >= 0.3 is 11.9 Å². The normalized spacial score (nSPS) is 25.5. The van der Waals surface area contributed by atoms with Crippen LogP contribution in [0, 0.1) is 22.2 Å². The van der Waals surface area contributed by atoms with Gasteiger partial charge in [-0.25, -0.2) is 4.79 Å². The summed E-state index contributed by atoms with van der Waals surface area (Å²) in [6, 6.07) is 0. The van der Waals surface area contributed by atoms with Crippen molar-refractivity contribution in [2.45, 2.75) is 68.2 Å². The first-order chi connectivity index (χ1) is 10.6. The van der Waals surface area contributed by atoms with Crippen molar-refractivity contribution in [1.82, 2.24) is 0 Å². The zero-order valence-electron chi connectivity index (χ0n) is 16.3. The van der Waals surface area contributed by atoms with Crippen molar-refractivity contribution in [3.63, 3.8) is 0 Å². The van der Waals surface area contributed by atoms with E-state index in [0.29, 0.717) is 6.42 Å². The SMILES string of the molecule is CC1=CC(C(=O)O)C(C(=O)O)=C(CC(C)(C)C)C1(C)CC(C)(C)C. The summed E-state index contributed by atoms with van der Waals surface area (Å²) < 4.78 is 0. The van der Waals surface area contributed by atoms with Crippen LogP contribution in [0.4, 0.5) is 0 Å². The predicted octanol–water partition coefficient (Wildman–Crippen LogP) is 4.91. The lowest BCUT2D eigenvalue weighted by Crippen LogP contribution is -2.37. The minimum Gasteiger partial charge on any atom is -0.481 e. The van der Waals surface area contributed by atoms with E-state index in [2.05, 4.69) is 48.5 Å². The molecule has 136 valence electrons. The van der Waals surface area contributed by atoms with Crippen molar-refractivity contribution in [2.24, 2.45) is 22.2 Å². The monoisotopic (exact) mass is 336 g/mol. The molecule has 0 heterocycles. The molecule has 0 saturated carbocycles. The average molecular weight is 336 g/mol. The van der Waals surface area contributed by atoms with Gasteiger partial charge in [-0.05, 0) is 36.2 Å². The summed E-state index contributed by atoms with van der Waals surface area (Å²) in [5.41, 5.74) is 1.20. The Hall–Kier alpha value is -1.58. The maximum atomic E-state index is 12.0. The Kier molecular flexibility index (Phi) is 5.44. The number of allylic oxidation sites excluding steroid dienone is 2. The van der Waals surface area contributed by atoms with E-state index in [0.717, 1.165) is 17.6 Å². The van der Waals surface area contributed by atoms with Crippen molar-refractivity contribution < 1.29 is 19.8 Å². The first-order valence-electron chi connectivity index (χ1n) is 8.47. The highest BCUT2D eigenvalue weighted by Gasteiger charge is 2.45. The van der Waals surface area contributed by atoms with Gasteiger partial charge in [0.15, 0.2) is 0 Å². The van der Waals surface area contributed by atoms with E-state index in [1.165, 1.54) is 0 Å². The molecule has 2 unspecified atom stereocenters. The quantitative estimate of drug-likeness (QED) is 0.716. The molecule has 4 nitrogen and oxygen atoms in total. The third-order valence-electron chi connectivity index (χ3n) is 4.68. The Morgan fingerprint density at radius 2 is 1.58 bits per heavy atom. The molecule has 0 aromatic rings. The lowest BCUT2D eigenvalue weighted by Gasteiger charge is -2.45. The van der Waals surface area contributed by atoms with Gasteiger partial charge in [0.1, 0.15) is 5.92 Å². The molecule has 0 aliphatic heterocycles. The number of hydrogen-bond acceptors (Lipinski definition) is 2. The molecule has 4 heteroatoms. The van der Waals surface area contributed by atoms with Crippen LogP contribution in [-0.2, 0) is 9.59 Å². The van der Waals surface area contributed by atoms with Crippen molar-refractivity contribution >= 4 is 11.9 Å². The second kappa shape index (κ2) is 6.38. The van der Waals surface area contributed by atoms with E-state index < -0.39 is 23.3 Å². The molecule has 2 atom stereocenters. The maximum absolute atomic E-state index is 12.0. The fourth-order valence-electron chi connectivity index (χ4n) is 3.82. The molecular formula is C20H32O4. The summed E-state index contributed by atoms with van der Waals surface area (Å²) in [5.74, 6) is -3.30. The van der Waals surface area contributed by atoms with Crippen LogP contribution in [0.15, 0.2) is 22.8 Å². The first-order valence-corrected chi connectivity index (χ1v) is 8.47. The highest BCUT2D eigenvalue weighted by Crippen LogP contribution is 2.53. The molecule has 0 spiro atoms. The van der Waals surface area contributed by atoms with Gasteiger partial charge in [0.25, 0.3) is 0 Å². The molecule has 1 aliphatic rings. The van der Waals surface area contributed by atoms with Gasteiger partial charge in [-0.3, -0.25) is 4.79 Å². The summed E-state index contributed by atoms with van der Waals surface area (Å²) in [7, 11) is 0. The lowest BCUT2D eigenvalue weighted by molar-refractivity contribution is -0.142. The van der Waals surface area contributed by atoms with E-state index in [-0.39, 0.29) is 16.4 Å². The van der Waals surface area contributed by atoms with E-state index in [9.17, 15) is 19.8 Å². The van der Waals surface area contributed by atoms with Crippen LogP contribution in [-0.4, -0.2) is 22.2 Å². The van der Waals surface area contributed by atoms with Crippen LogP contribution >= 0.6 is 0 Å². The summed E-state index contributed by atoms with van der Waals surface area (Å²) in [6.45, 7) is 16.5. The summed E-state index contributed by atoms with van der Waals surface area (Å²) in [4.78, 5) is 23.7. The van der Waals surface area contributed by atoms with Gasteiger partial charge < -0.3 is 10.2 Å². The number of carboxylic acids is 2. The topological polar surface area (TPSA) is 74.6 Å². The molecule has 0 fully saturated rings. The van der Waals surface area contributed by atoms with Crippen molar-refractivity contribution in [1.29, 1.82) is 0 Å². The smallest absolute Gasteiger partial charge is 0.332 e. The molecule has 1 aliphatic carbocycles. The van der Waals surface area contributed by atoms with Crippen LogP contribution < -0.4 is 0 Å². The molecule has 0 aromatic carbocycles. The number of hydrogen-bond donors (Lipinski definition) is 2. The van der Waals surface area contributed by atoms with Crippen LogP contribution in [0.3, 0.4) is 0 Å². The second-order valence-electron chi connectivity index (χ2n) is 9.67. The number of aliphatic carboxylic acids is 2. The third kappa shape index (κ3) is 4.49. The Labute approximate surface area is 145 Å². The highest BCUT2D eigenvalue weighted by molar-refractivity contribution is 5.96. The second-order valence-corrected chi connectivity index (χ2v) is 9.67. The van der Waals surface area contributed by atoms with Crippen molar-refractivity contribution in [2.75, 3.05) is 0 Å². The van der Waals surface area contributed by atoms with Gasteiger partial charge in [0.05, 0.1) is 5.57 Å². The van der Waals surface area contributed by atoms with Gasteiger partial charge in [-0.15, -0.1) is 0 Å². The highest BCUT2D eigenvalue weighted by atomic mass is 16.4. The van der Waals surface area contributed by atoms with E-state index >= 15 is 0 Å². The fraction of sp³-hybridized carbons (Fsp3) is 0.700. The van der Waals surface area contributed by atoms with Gasteiger partial charge in [0.2, 0.25) is 0 Å². The molecule has 0 aromatic heterocycles. The third-order valence-corrected chi connectivity index (χ3v) is 4.68. The van der Waals surface area contributed by atoms with Crippen LogP contribution in [0.1, 0.15) is 68.2 Å². The van der Waals surface area contributed by atoms with Crippen molar-refractivity contribution in [3.05, 3.63) is 22.8 Å². The lowest BCUT2D eigenvalue weighted by atomic mass is 9.59. The largest absolute Gasteiger partial charge is 0.481 e. The first kappa shape index (κ1) is 20.5. The molecule has 0 radical (unpaired) electrons. The molecule has 0 amide bonds. The number of carboxylic acid groups (broad SMARTS) is 2. The average Bonchev–Trinajstić information content (AvgIpc) is 2.30. The minimum absolute atomic E-state index is 0.00728. The number of carbonyl (C=O) groups is 2. The standard InChI is InChI=1S/C20H32O4/c1-12-9-13(16(21)22)15(17(23)24)14(10-18(2,3)4)20(12,8)11-19(5,6)7/h9,13H,10-11H2,1-8H3,(H,21,22)(H,23,24). The van der Waals surface area contributed by atoms with Gasteiger partial charge in [0, 0.05) is 5.41 Å². The van der Waals surface area contributed by atoms with Gasteiger partial charge in [-0.1, -0.05) is 60.1 Å². The molecule has 1 rings (SSSR count). The van der Waals surface area contributed by atoms with E-state index in [4.69, 9.17) is 0 Å². The molecule has 0 saturated heterocycles. The zero-order valence-corrected chi connectivity index (χ0v) is 16.3. The van der Waals surface area contributed by atoms with E-state index in [1.807, 2.05) is 6.92 Å². The maximum Gasteiger partial charge on any atom is 0.332 e. The molecule has 2 N–H and O–H groups in total. The Morgan fingerprint density at radius 3 is 1.92 bits per heavy atom. The van der Waals surface area contributed by atoms with Crippen molar-refractivity contribution in [3.8, 4) is 0 Å². The fourth-order valence-corrected chi connectivity index (χ4v) is 3.82. The van der Waals surface area contributed by atoms with Crippen LogP contribution in [0.5, 0.6) is 0 Å². The van der Waals surface area contributed by atoms with Crippen LogP contribution in [0.25, 0.3) is 0 Å². The van der Waals surface area contributed by atoms with E-state index in [1.54, 1.807) is 6.08 Å². The Balaban J connectivity index is 3.70. The Bertz CT molecular complexity index is 596. The van der Waals surface area contributed by atoms with Crippen LogP contribution in [0.2, 0.25) is 0 Å². The summed E-state index contributed by atoms with van der Waals surface area (Å²) >= 11 is 0. The predicted molar refractivity (Wildman–Crippen MR) is 95.8 cm³/mol. The summed E-state index contributed by atoms with van der Waals surface area (Å²) in [6.07, 6.45) is 2.97. The molecule has 24 heavy (non-hydrogen) atoms. The van der Waals surface area contributed by atoms with Gasteiger partial charge in [-0.2, -0.15) is 0 Å². The molecular weight excluding hydrogens is 304 g/mol. The minimum atomic E-state index is -1.12.